The Kier molecular flexibility index (Phi) is 6.79. The number of anilines is 1. The number of fused-ring (bicyclic) bond motifs is 1. The lowest BCUT2D eigenvalue weighted by Crippen LogP contribution is -2.55. The van der Waals surface area contributed by atoms with Gasteiger partial charge in [0.1, 0.15) is 0 Å². The van der Waals surface area contributed by atoms with Crippen LogP contribution in [-0.2, 0) is 4.79 Å². The minimum Gasteiger partial charge on any atom is -0.386 e. The number of carbonyl (C=O) groups excluding carboxylic acids is 2. The predicted octanol–water partition coefficient (Wildman–Crippen LogP) is 1.63. The Morgan fingerprint density at radius 2 is 2.03 bits per heavy atom. The summed E-state index contributed by atoms with van der Waals surface area (Å²) in [5.74, 6) is -0.398. The van der Waals surface area contributed by atoms with Gasteiger partial charge in [-0.25, -0.2) is 0 Å². The standard InChI is InChI=1S/C24H28N6O3/c1-29(22(31)7-12-28-23(32)18-4-2-9-25-14-18)16-24(33)8-3-13-30(17-24)21-6-11-27-20-5-10-26-15-19(20)21/h2,4-6,9-11,14-15,33H,3,7-8,12-13,16-17H2,1H3,(H,28,32)/t24-/m0/s1. The van der Waals surface area contributed by atoms with E-state index < -0.39 is 5.60 Å². The minimum absolute atomic E-state index is 0.134. The van der Waals surface area contributed by atoms with E-state index in [0.717, 1.165) is 29.6 Å². The third-order valence-corrected chi connectivity index (χ3v) is 5.92. The van der Waals surface area contributed by atoms with Gasteiger partial charge < -0.3 is 20.2 Å². The Morgan fingerprint density at radius 3 is 2.85 bits per heavy atom. The highest BCUT2D eigenvalue weighted by Gasteiger charge is 2.36. The van der Waals surface area contributed by atoms with E-state index in [0.29, 0.717) is 18.5 Å². The van der Waals surface area contributed by atoms with E-state index >= 15 is 0 Å². The molecular weight excluding hydrogens is 420 g/mol. The Bertz CT molecular complexity index is 1120. The maximum absolute atomic E-state index is 12.6. The summed E-state index contributed by atoms with van der Waals surface area (Å²) in [6.07, 6.45) is 9.93. The molecule has 9 nitrogen and oxygen atoms in total. The molecule has 1 aliphatic rings. The van der Waals surface area contributed by atoms with Gasteiger partial charge in [0.2, 0.25) is 5.91 Å². The van der Waals surface area contributed by atoms with Gasteiger partial charge in [0.15, 0.2) is 0 Å². The third-order valence-electron chi connectivity index (χ3n) is 5.92. The van der Waals surface area contributed by atoms with Gasteiger partial charge >= 0.3 is 0 Å². The molecule has 4 heterocycles. The van der Waals surface area contributed by atoms with Gasteiger partial charge in [-0.1, -0.05) is 0 Å². The monoisotopic (exact) mass is 448 g/mol. The van der Waals surface area contributed by atoms with Crippen LogP contribution in [0.4, 0.5) is 5.69 Å². The van der Waals surface area contributed by atoms with E-state index in [1.807, 2.05) is 12.1 Å². The van der Waals surface area contributed by atoms with Crippen LogP contribution in [-0.4, -0.2) is 75.6 Å². The van der Waals surface area contributed by atoms with Crippen molar-refractivity contribution < 1.29 is 14.7 Å². The molecule has 3 aromatic heterocycles. The van der Waals surface area contributed by atoms with Crippen LogP contribution in [0.2, 0.25) is 0 Å². The molecule has 0 radical (unpaired) electrons. The highest BCUT2D eigenvalue weighted by molar-refractivity contribution is 5.94. The Balaban J connectivity index is 1.33. The van der Waals surface area contributed by atoms with Gasteiger partial charge in [-0.2, -0.15) is 0 Å². The van der Waals surface area contributed by atoms with E-state index in [4.69, 9.17) is 0 Å². The first-order valence-corrected chi connectivity index (χ1v) is 11.0. The number of amides is 2. The molecule has 33 heavy (non-hydrogen) atoms. The number of carbonyl (C=O) groups is 2. The maximum atomic E-state index is 12.6. The van der Waals surface area contributed by atoms with Gasteiger partial charge in [-0.3, -0.25) is 24.5 Å². The Hall–Kier alpha value is -3.59. The molecule has 172 valence electrons. The number of aliphatic hydroxyl groups is 1. The number of pyridine rings is 3. The summed E-state index contributed by atoms with van der Waals surface area (Å²) in [6, 6.07) is 7.17. The molecule has 3 aromatic rings. The highest BCUT2D eigenvalue weighted by atomic mass is 16.3. The molecule has 4 rings (SSSR count). The number of hydrogen-bond acceptors (Lipinski definition) is 7. The van der Waals surface area contributed by atoms with Crippen LogP contribution in [0.25, 0.3) is 10.9 Å². The summed E-state index contributed by atoms with van der Waals surface area (Å²) in [7, 11) is 1.69. The van der Waals surface area contributed by atoms with Crippen molar-refractivity contribution >= 4 is 28.4 Å². The lowest BCUT2D eigenvalue weighted by molar-refractivity contribution is -0.133. The number of nitrogens with zero attached hydrogens (tertiary/aromatic N) is 5. The second-order valence-electron chi connectivity index (χ2n) is 8.47. The van der Waals surface area contributed by atoms with Crippen LogP contribution in [0.5, 0.6) is 0 Å². The van der Waals surface area contributed by atoms with Crippen molar-refractivity contribution in [2.45, 2.75) is 24.9 Å². The molecule has 0 saturated carbocycles. The first-order chi connectivity index (χ1) is 16.0. The van der Waals surface area contributed by atoms with Crippen molar-refractivity contribution in [3.8, 4) is 0 Å². The average Bonchev–Trinajstić information content (AvgIpc) is 2.83. The van der Waals surface area contributed by atoms with Crippen LogP contribution in [0.3, 0.4) is 0 Å². The van der Waals surface area contributed by atoms with Crippen molar-refractivity contribution in [3.63, 3.8) is 0 Å². The fraction of sp³-hybridized carbons (Fsp3) is 0.375. The van der Waals surface area contributed by atoms with Gasteiger partial charge in [-0.05, 0) is 37.1 Å². The SMILES string of the molecule is CN(C[C@@]1(O)CCCN(c2ccnc3ccncc23)C1)C(=O)CCNC(=O)c1cccnc1. The van der Waals surface area contributed by atoms with Crippen LogP contribution in [0, 0.1) is 0 Å². The minimum atomic E-state index is -1.03. The van der Waals surface area contributed by atoms with Crippen LogP contribution in [0.1, 0.15) is 29.6 Å². The summed E-state index contributed by atoms with van der Waals surface area (Å²) in [6.45, 7) is 1.67. The number of β-amino-alcohol motifs (C(OH)–C–C–N with tert-alkyl or cyclic N) is 1. The molecule has 1 saturated heterocycles. The molecule has 0 aromatic carbocycles. The summed E-state index contributed by atoms with van der Waals surface area (Å²) < 4.78 is 0. The molecule has 9 heteroatoms. The number of aromatic nitrogens is 3. The molecular formula is C24H28N6O3. The van der Waals surface area contributed by atoms with Crippen molar-refractivity contribution in [2.75, 3.05) is 38.1 Å². The van der Waals surface area contributed by atoms with Crippen LogP contribution in [0.15, 0.2) is 55.2 Å². The number of rotatable bonds is 7. The number of nitrogens with one attached hydrogen (secondary N) is 1. The molecule has 0 aliphatic carbocycles. The first-order valence-electron chi connectivity index (χ1n) is 11.0. The third kappa shape index (κ3) is 5.43. The van der Waals surface area contributed by atoms with Crippen molar-refractivity contribution in [1.82, 2.24) is 25.2 Å². The smallest absolute Gasteiger partial charge is 0.252 e. The van der Waals surface area contributed by atoms with E-state index in [2.05, 4.69) is 25.2 Å². The predicted molar refractivity (Wildman–Crippen MR) is 125 cm³/mol. The lowest BCUT2D eigenvalue weighted by Gasteiger charge is -2.42. The number of piperidine rings is 1. The van der Waals surface area contributed by atoms with E-state index in [9.17, 15) is 14.7 Å². The topological polar surface area (TPSA) is 112 Å². The summed E-state index contributed by atoms with van der Waals surface area (Å²) >= 11 is 0. The molecule has 1 fully saturated rings. The zero-order chi connectivity index (χ0) is 23.3. The van der Waals surface area contributed by atoms with Crippen LogP contribution < -0.4 is 10.2 Å². The maximum Gasteiger partial charge on any atom is 0.252 e. The molecule has 2 amide bonds. The molecule has 0 bridgehead atoms. The first kappa shape index (κ1) is 22.6. The molecule has 1 atom stereocenters. The molecule has 0 unspecified atom stereocenters. The zero-order valence-electron chi connectivity index (χ0n) is 18.6. The summed E-state index contributed by atoms with van der Waals surface area (Å²) in [5, 5.41) is 15.0. The average molecular weight is 449 g/mol. The molecule has 2 N–H and O–H groups in total. The lowest BCUT2D eigenvalue weighted by atomic mass is 9.91. The second kappa shape index (κ2) is 9.91. The Morgan fingerprint density at radius 1 is 1.18 bits per heavy atom. The van der Waals surface area contributed by atoms with E-state index in [1.54, 1.807) is 48.9 Å². The normalized spacial score (nSPS) is 18.2. The van der Waals surface area contributed by atoms with Gasteiger partial charge in [0, 0.05) is 75.2 Å². The second-order valence-corrected chi connectivity index (χ2v) is 8.47. The molecule has 1 aliphatic heterocycles. The van der Waals surface area contributed by atoms with E-state index in [1.165, 1.54) is 6.20 Å². The Labute approximate surface area is 192 Å². The quantitative estimate of drug-likeness (QED) is 0.565. The summed E-state index contributed by atoms with van der Waals surface area (Å²) in [4.78, 5) is 40.9. The highest BCUT2D eigenvalue weighted by Crippen LogP contribution is 2.30. The van der Waals surface area contributed by atoms with Gasteiger partial charge in [0.05, 0.1) is 23.2 Å². The zero-order valence-corrected chi connectivity index (χ0v) is 18.6. The van der Waals surface area contributed by atoms with Crippen LogP contribution >= 0.6 is 0 Å². The van der Waals surface area contributed by atoms with Gasteiger partial charge in [0.25, 0.3) is 5.91 Å². The van der Waals surface area contributed by atoms with Crippen molar-refractivity contribution in [3.05, 3.63) is 60.8 Å². The number of hydrogen-bond donors (Lipinski definition) is 2. The largest absolute Gasteiger partial charge is 0.386 e. The van der Waals surface area contributed by atoms with Crippen molar-refractivity contribution in [1.29, 1.82) is 0 Å². The number of likely N-dealkylation sites (N-methyl/N-ethyl adjacent to an activating group) is 1. The molecule has 0 spiro atoms. The summed E-state index contributed by atoms with van der Waals surface area (Å²) in [5.41, 5.74) is 1.27. The fourth-order valence-corrected chi connectivity index (χ4v) is 4.30. The van der Waals surface area contributed by atoms with Gasteiger partial charge in [-0.15, -0.1) is 0 Å². The fourth-order valence-electron chi connectivity index (χ4n) is 4.30. The van der Waals surface area contributed by atoms with Crippen molar-refractivity contribution in [2.24, 2.45) is 0 Å². The van der Waals surface area contributed by atoms with E-state index in [-0.39, 0.29) is 31.3 Å².